The Kier molecular flexibility index (Phi) is 5.14. The minimum atomic E-state index is 0.572. The molecule has 0 aliphatic heterocycles. The number of hydrogen-bond acceptors (Lipinski definition) is 5. The number of para-hydroxylation sites is 1. The fraction of sp³-hybridized carbons (Fsp3) is 0.200. The standard InChI is InChI=1S/C20H22N4O/c1-4-25-17-11-9-16(10-12-17)22-19-13-15(3)21-20(24-19)23-18-8-6-5-7-14(18)2/h5-13H,4H2,1-3H3,(H2,21,22,23,24). The SMILES string of the molecule is CCOc1ccc(Nc2cc(C)nc(Nc3ccccc3C)n2)cc1. The molecule has 0 fully saturated rings. The summed E-state index contributed by atoms with van der Waals surface area (Å²) in [5, 5.41) is 6.59. The summed E-state index contributed by atoms with van der Waals surface area (Å²) in [6.07, 6.45) is 0. The molecule has 0 aliphatic carbocycles. The molecular formula is C20H22N4O. The number of benzene rings is 2. The van der Waals surface area contributed by atoms with Crippen LogP contribution in [0.1, 0.15) is 18.2 Å². The van der Waals surface area contributed by atoms with E-state index in [4.69, 9.17) is 4.74 Å². The van der Waals surface area contributed by atoms with Gasteiger partial charge in [-0.25, -0.2) is 4.98 Å². The number of nitrogens with zero attached hydrogens (tertiary/aromatic N) is 2. The van der Waals surface area contributed by atoms with Crippen LogP contribution in [0.2, 0.25) is 0 Å². The van der Waals surface area contributed by atoms with Gasteiger partial charge < -0.3 is 15.4 Å². The fourth-order valence-corrected chi connectivity index (χ4v) is 2.47. The number of rotatable bonds is 6. The summed E-state index contributed by atoms with van der Waals surface area (Å²) in [6, 6.07) is 17.8. The minimum Gasteiger partial charge on any atom is -0.494 e. The van der Waals surface area contributed by atoms with Crippen molar-refractivity contribution in [2.45, 2.75) is 20.8 Å². The van der Waals surface area contributed by atoms with Crippen LogP contribution in [0.3, 0.4) is 0 Å². The van der Waals surface area contributed by atoms with Crippen molar-refractivity contribution in [3.8, 4) is 5.75 Å². The molecule has 0 saturated carbocycles. The topological polar surface area (TPSA) is 59.1 Å². The number of ether oxygens (including phenoxy) is 1. The minimum absolute atomic E-state index is 0.572. The van der Waals surface area contributed by atoms with E-state index < -0.39 is 0 Å². The van der Waals surface area contributed by atoms with E-state index in [1.807, 2.05) is 62.4 Å². The lowest BCUT2D eigenvalue weighted by atomic mass is 10.2. The van der Waals surface area contributed by atoms with E-state index in [2.05, 4.69) is 33.6 Å². The normalized spacial score (nSPS) is 10.4. The Morgan fingerprint density at radius 3 is 2.40 bits per heavy atom. The van der Waals surface area contributed by atoms with Gasteiger partial charge in [0.1, 0.15) is 11.6 Å². The smallest absolute Gasteiger partial charge is 0.229 e. The van der Waals surface area contributed by atoms with Gasteiger partial charge in [-0.3, -0.25) is 0 Å². The number of aromatic nitrogens is 2. The Morgan fingerprint density at radius 2 is 1.68 bits per heavy atom. The predicted octanol–water partition coefficient (Wildman–Crippen LogP) is 4.98. The third-order valence-electron chi connectivity index (χ3n) is 3.68. The van der Waals surface area contributed by atoms with Crippen LogP contribution in [-0.4, -0.2) is 16.6 Å². The van der Waals surface area contributed by atoms with Gasteiger partial charge in [0.2, 0.25) is 5.95 Å². The molecule has 5 nitrogen and oxygen atoms in total. The van der Waals surface area contributed by atoms with Gasteiger partial charge in [-0.2, -0.15) is 4.98 Å². The fourth-order valence-electron chi connectivity index (χ4n) is 2.47. The third kappa shape index (κ3) is 4.47. The molecule has 0 saturated heterocycles. The molecular weight excluding hydrogens is 312 g/mol. The van der Waals surface area contributed by atoms with Gasteiger partial charge >= 0.3 is 0 Å². The molecule has 3 aromatic rings. The van der Waals surface area contributed by atoms with Crippen molar-refractivity contribution in [1.29, 1.82) is 0 Å². The van der Waals surface area contributed by atoms with Gasteiger partial charge in [0.25, 0.3) is 0 Å². The number of nitrogens with one attached hydrogen (secondary N) is 2. The second kappa shape index (κ2) is 7.66. The van der Waals surface area contributed by atoms with E-state index in [1.165, 1.54) is 0 Å². The zero-order valence-corrected chi connectivity index (χ0v) is 14.7. The van der Waals surface area contributed by atoms with Crippen molar-refractivity contribution in [2.75, 3.05) is 17.2 Å². The zero-order valence-electron chi connectivity index (χ0n) is 14.7. The van der Waals surface area contributed by atoms with Crippen LogP contribution in [-0.2, 0) is 0 Å². The molecule has 1 aromatic heterocycles. The first-order valence-electron chi connectivity index (χ1n) is 8.32. The van der Waals surface area contributed by atoms with E-state index in [9.17, 15) is 0 Å². The average Bonchev–Trinajstić information content (AvgIpc) is 2.58. The van der Waals surface area contributed by atoms with Crippen LogP contribution in [0.5, 0.6) is 5.75 Å². The second-order valence-electron chi connectivity index (χ2n) is 5.74. The van der Waals surface area contributed by atoms with Crippen molar-refractivity contribution in [3.63, 3.8) is 0 Å². The van der Waals surface area contributed by atoms with E-state index in [-0.39, 0.29) is 0 Å². The summed E-state index contributed by atoms with van der Waals surface area (Å²) in [6.45, 7) is 6.63. The van der Waals surface area contributed by atoms with Crippen molar-refractivity contribution in [1.82, 2.24) is 9.97 Å². The third-order valence-corrected chi connectivity index (χ3v) is 3.68. The average molecular weight is 334 g/mol. The Hall–Kier alpha value is -3.08. The molecule has 0 atom stereocenters. The Balaban J connectivity index is 1.78. The van der Waals surface area contributed by atoms with Gasteiger partial charge in [-0.1, -0.05) is 18.2 Å². The molecule has 2 N–H and O–H groups in total. The lowest BCUT2D eigenvalue weighted by Gasteiger charge is -2.12. The molecule has 0 unspecified atom stereocenters. The molecule has 3 rings (SSSR count). The molecule has 0 spiro atoms. The molecule has 0 amide bonds. The quantitative estimate of drug-likeness (QED) is 0.666. The van der Waals surface area contributed by atoms with Crippen molar-refractivity contribution in [2.24, 2.45) is 0 Å². The summed E-state index contributed by atoms with van der Waals surface area (Å²) >= 11 is 0. The highest BCUT2D eigenvalue weighted by atomic mass is 16.5. The first-order chi connectivity index (χ1) is 12.1. The van der Waals surface area contributed by atoms with Crippen molar-refractivity contribution in [3.05, 3.63) is 65.9 Å². The van der Waals surface area contributed by atoms with Gasteiger partial charge in [-0.05, 0) is 56.7 Å². The van der Waals surface area contributed by atoms with E-state index in [0.29, 0.717) is 12.6 Å². The van der Waals surface area contributed by atoms with E-state index >= 15 is 0 Å². The van der Waals surface area contributed by atoms with Crippen LogP contribution in [0.25, 0.3) is 0 Å². The van der Waals surface area contributed by atoms with E-state index in [0.717, 1.165) is 34.2 Å². The molecule has 0 aliphatic rings. The molecule has 0 radical (unpaired) electrons. The monoisotopic (exact) mass is 334 g/mol. The maximum absolute atomic E-state index is 5.46. The first-order valence-corrected chi connectivity index (χ1v) is 8.32. The maximum Gasteiger partial charge on any atom is 0.229 e. The Labute approximate surface area is 148 Å². The van der Waals surface area contributed by atoms with E-state index in [1.54, 1.807) is 0 Å². The van der Waals surface area contributed by atoms with Crippen LogP contribution in [0.4, 0.5) is 23.1 Å². The van der Waals surface area contributed by atoms with Crippen LogP contribution in [0, 0.1) is 13.8 Å². The van der Waals surface area contributed by atoms with Crippen LogP contribution >= 0.6 is 0 Å². The highest BCUT2D eigenvalue weighted by molar-refractivity contribution is 5.62. The number of aryl methyl sites for hydroxylation is 2. The molecule has 128 valence electrons. The van der Waals surface area contributed by atoms with Gasteiger partial charge in [0, 0.05) is 23.1 Å². The van der Waals surface area contributed by atoms with Gasteiger partial charge in [-0.15, -0.1) is 0 Å². The zero-order chi connectivity index (χ0) is 17.6. The van der Waals surface area contributed by atoms with Crippen LogP contribution in [0.15, 0.2) is 54.6 Å². The lowest BCUT2D eigenvalue weighted by molar-refractivity contribution is 0.340. The van der Waals surface area contributed by atoms with Crippen LogP contribution < -0.4 is 15.4 Å². The van der Waals surface area contributed by atoms with Crippen molar-refractivity contribution < 1.29 is 4.74 Å². The van der Waals surface area contributed by atoms with Gasteiger partial charge in [0.05, 0.1) is 6.61 Å². The molecule has 25 heavy (non-hydrogen) atoms. The summed E-state index contributed by atoms with van der Waals surface area (Å²) in [5.41, 5.74) is 3.98. The molecule has 0 bridgehead atoms. The maximum atomic E-state index is 5.46. The van der Waals surface area contributed by atoms with Gasteiger partial charge in [0.15, 0.2) is 0 Å². The summed E-state index contributed by atoms with van der Waals surface area (Å²) in [4.78, 5) is 9.03. The molecule has 5 heteroatoms. The van der Waals surface area contributed by atoms with Crippen molar-refractivity contribution >= 4 is 23.1 Å². The number of hydrogen-bond donors (Lipinski definition) is 2. The Bertz CT molecular complexity index is 847. The summed E-state index contributed by atoms with van der Waals surface area (Å²) < 4.78 is 5.46. The highest BCUT2D eigenvalue weighted by Gasteiger charge is 2.05. The molecule has 1 heterocycles. The highest BCUT2D eigenvalue weighted by Crippen LogP contribution is 2.22. The first kappa shape index (κ1) is 16.8. The Morgan fingerprint density at radius 1 is 0.920 bits per heavy atom. The number of anilines is 4. The largest absolute Gasteiger partial charge is 0.494 e. The molecule has 2 aromatic carbocycles. The second-order valence-corrected chi connectivity index (χ2v) is 5.74. The summed E-state index contributed by atoms with van der Waals surface area (Å²) in [7, 11) is 0. The predicted molar refractivity (Wildman–Crippen MR) is 102 cm³/mol. The summed E-state index contributed by atoms with van der Waals surface area (Å²) in [5.74, 6) is 2.17. The lowest BCUT2D eigenvalue weighted by Crippen LogP contribution is -2.03.